The van der Waals surface area contributed by atoms with E-state index in [0.717, 1.165) is 10.9 Å². The number of carbonyl (C=O) groups is 1. The van der Waals surface area contributed by atoms with Gasteiger partial charge in [-0.05, 0) is 61.7 Å². The van der Waals surface area contributed by atoms with Gasteiger partial charge in [-0.3, -0.25) is 9.88 Å². The SMILES string of the molecule is C=Cc1c(CN(C(=O)O)C(C)(C)C)cc(-c2ccc(OC(F)(F)F)cc2)c2ncccc12. The zero-order chi connectivity index (χ0) is 23.7. The number of benzene rings is 2. The number of hydrogen-bond acceptors (Lipinski definition) is 3. The largest absolute Gasteiger partial charge is 0.573 e. The molecule has 0 aliphatic heterocycles. The molecule has 8 heteroatoms. The third-order valence-electron chi connectivity index (χ3n) is 4.99. The summed E-state index contributed by atoms with van der Waals surface area (Å²) in [7, 11) is 0. The van der Waals surface area contributed by atoms with Crippen molar-refractivity contribution in [2.24, 2.45) is 0 Å². The van der Waals surface area contributed by atoms with Crippen LogP contribution in [-0.2, 0) is 6.54 Å². The summed E-state index contributed by atoms with van der Waals surface area (Å²) >= 11 is 0. The summed E-state index contributed by atoms with van der Waals surface area (Å²) in [5, 5.41) is 10.5. The Hall–Kier alpha value is -3.55. The van der Waals surface area contributed by atoms with Gasteiger partial charge in [0.2, 0.25) is 0 Å². The van der Waals surface area contributed by atoms with E-state index in [2.05, 4.69) is 16.3 Å². The molecular formula is C24H23F3N2O3. The van der Waals surface area contributed by atoms with E-state index in [9.17, 15) is 23.1 Å². The third-order valence-corrected chi connectivity index (χ3v) is 4.99. The highest BCUT2D eigenvalue weighted by atomic mass is 19.4. The van der Waals surface area contributed by atoms with E-state index < -0.39 is 18.0 Å². The van der Waals surface area contributed by atoms with E-state index in [4.69, 9.17) is 0 Å². The molecule has 3 rings (SSSR count). The molecule has 0 bridgehead atoms. The Morgan fingerprint density at radius 1 is 1.19 bits per heavy atom. The van der Waals surface area contributed by atoms with Crippen LogP contribution in [0.2, 0.25) is 0 Å². The molecule has 32 heavy (non-hydrogen) atoms. The van der Waals surface area contributed by atoms with Crippen molar-refractivity contribution < 1.29 is 27.8 Å². The van der Waals surface area contributed by atoms with E-state index in [1.54, 1.807) is 39.1 Å². The van der Waals surface area contributed by atoms with Crippen LogP contribution in [0.5, 0.6) is 5.75 Å². The molecule has 0 spiro atoms. The van der Waals surface area contributed by atoms with Crippen LogP contribution in [-0.4, -0.2) is 33.0 Å². The summed E-state index contributed by atoms with van der Waals surface area (Å²) in [6.07, 6.45) is -2.56. The van der Waals surface area contributed by atoms with Gasteiger partial charge in [-0.1, -0.05) is 30.9 Å². The van der Waals surface area contributed by atoms with Crippen LogP contribution >= 0.6 is 0 Å². The molecule has 0 aliphatic carbocycles. The fraction of sp³-hybridized carbons (Fsp3) is 0.250. The topological polar surface area (TPSA) is 62.7 Å². The summed E-state index contributed by atoms with van der Waals surface area (Å²) in [5.41, 5.74) is 2.74. The monoisotopic (exact) mass is 444 g/mol. The summed E-state index contributed by atoms with van der Waals surface area (Å²) in [5.74, 6) is -0.328. The predicted octanol–water partition coefficient (Wildman–Crippen LogP) is 6.72. The smallest absolute Gasteiger partial charge is 0.465 e. The van der Waals surface area contributed by atoms with Crippen LogP contribution in [0.4, 0.5) is 18.0 Å². The molecule has 0 saturated heterocycles. The lowest BCUT2D eigenvalue weighted by Crippen LogP contribution is -2.44. The number of nitrogens with zero attached hydrogens (tertiary/aromatic N) is 2. The highest BCUT2D eigenvalue weighted by molar-refractivity contribution is 5.99. The zero-order valence-electron chi connectivity index (χ0n) is 17.9. The van der Waals surface area contributed by atoms with Crippen molar-refractivity contribution in [1.29, 1.82) is 0 Å². The Labute approximate surface area is 183 Å². The standard InChI is InChI=1S/C24H23F3N2O3/c1-5-18-16(14-29(22(30)31)23(2,3)4)13-20(21-19(18)7-6-12-28-21)15-8-10-17(11-9-15)32-24(25,26)27/h5-13H,1,14H2,2-4H3,(H,30,31). The normalized spacial score (nSPS) is 11.9. The van der Waals surface area contributed by atoms with Gasteiger partial charge in [-0.25, -0.2) is 4.79 Å². The van der Waals surface area contributed by atoms with Gasteiger partial charge in [0.05, 0.1) is 12.1 Å². The Morgan fingerprint density at radius 3 is 2.38 bits per heavy atom. The van der Waals surface area contributed by atoms with Gasteiger partial charge in [-0.15, -0.1) is 13.2 Å². The van der Waals surface area contributed by atoms with Crippen LogP contribution < -0.4 is 4.74 Å². The number of rotatable bonds is 5. The second-order valence-corrected chi connectivity index (χ2v) is 8.21. The Balaban J connectivity index is 2.17. The number of amides is 1. The second kappa shape index (κ2) is 8.53. The number of fused-ring (bicyclic) bond motifs is 1. The van der Waals surface area contributed by atoms with Gasteiger partial charge in [0.1, 0.15) is 5.75 Å². The molecular weight excluding hydrogens is 421 g/mol. The van der Waals surface area contributed by atoms with Crippen molar-refractivity contribution in [2.75, 3.05) is 0 Å². The number of aromatic nitrogens is 1. The highest BCUT2D eigenvalue weighted by Crippen LogP contribution is 2.35. The summed E-state index contributed by atoms with van der Waals surface area (Å²) in [4.78, 5) is 17.7. The highest BCUT2D eigenvalue weighted by Gasteiger charge is 2.31. The van der Waals surface area contributed by atoms with Crippen molar-refractivity contribution in [3.8, 4) is 16.9 Å². The summed E-state index contributed by atoms with van der Waals surface area (Å²) in [6, 6.07) is 10.9. The minimum Gasteiger partial charge on any atom is -0.465 e. The minimum absolute atomic E-state index is 0.104. The number of carboxylic acid groups (broad SMARTS) is 1. The van der Waals surface area contributed by atoms with Gasteiger partial charge >= 0.3 is 12.5 Å². The first-order valence-electron chi connectivity index (χ1n) is 9.80. The first kappa shape index (κ1) is 23.1. The number of alkyl halides is 3. The number of ether oxygens (including phenoxy) is 1. The van der Waals surface area contributed by atoms with Crippen molar-refractivity contribution in [3.63, 3.8) is 0 Å². The van der Waals surface area contributed by atoms with E-state index in [-0.39, 0.29) is 12.3 Å². The molecule has 5 nitrogen and oxygen atoms in total. The first-order chi connectivity index (χ1) is 14.9. The van der Waals surface area contributed by atoms with E-state index in [1.807, 2.05) is 12.1 Å². The Bertz CT molecular complexity index is 1150. The van der Waals surface area contributed by atoms with Gasteiger partial charge < -0.3 is 9.84 Å². The van der Waals surface area contributed by atoms with Crippen LogP contribution in [0.15, 0.2) is 55.2 Å². The number of halogens is 3. The van der Waals surface area contributed by atoms with Gasteiger partial charge in [-0.2, -0.15) is 0 Å². The average molecular weight is 444 g/mol. The van der Waals surface area contributed by atoms with E-state index >= 15 is 0 Å². The van der Waals surface area contributed by atoms with E-state index in [0.29, 0.717) is 22.2 Å². The first-order valence-corrected chi connectivity index (χ1v) is 9.80. The fourth-order valence-electron chi connectivity index (χ4n) is 3.52. The van der Waals surface area contributed by atoms with Gasteiger partial charge in [0, 0.05) is 22.7 Å². The molecule has 0 fully saturated rings. The quantitative estimate of drug-likeness (QED) is 0.474. The summed E-state index contributed by atoms with van der Waals surface area (Å²) in [6.45, 7) is 9.40. The molecule has 0 aliphatic rings. The molecule has 0 saturated carbocycles. The van der Waals surface area contributed by atoms with Crippen LogP contribution in [0.1, 0.15) is 31.9 Å². The third kappa shape index (κ3) is 5.01. The molecule has 1 amide bonds. The lowest BCUT2D eigenvalue weighted by Gasteiger charge is -2.34. The van der Waals surface area contributed by atoms with Crippen molar-refractivity contribution in [1.82, 2.24) is 9.88 Å². The predicted molar refractivity (Wildman–Crippen MR) is 117 cm³/mol. The van der Waals surface area contributed by atoms with Crippen molar-refractivity contribution in [3.05, 3.63) is 66.4 Å². The minimum atomic E-state index is -4.78. The maximum absolute atomic E-state index is 12.5. The number of pyridine rings is 1. The lowest BCUT2D eigenvalue weighted by atomic mass is 9.93. The lowest BCUT2D eigenvalue weighted by molar-refractivity contribution is -0.274. The molecule has 0 atom stereocenters. The Morgan fingerprint density at radius 2 is 1.84 bits per heavy atom. The molecule has 1 N–H and O–H groups in total. The molecule has 1 heterocycles. The number of hydrogen-bond donors (Lipinski definition) is 1. The molecule has 0 unspecified atom stereocenters. The molecule has 1 aromatic heterocycles. The zero-order valence-corrected chi connectivity index (χ0v) is 17.9. The van der Waals surface area contributed by atoms with E-state index in [1.165, 1.54) is 29.2 Å². The molecule has 0 radical (unpaired) electrons. The van der Waals surface area contributed by atoms with Crippen LogP contribution in [0, 0.1) is 0 Å². The summed E-state index contributed by atoms with van der Waals surface area (Å²) < 4.78 is 41.5. The van der Waals surface area contributed by atoms with Crippen LogP contribution in [0.25, 0.3) is 28.1 Å². The maximum atomic E-state index is 12.5. The average Bonchev–Trinajstić information content (AvgIpc) is 2.69. The van der Waals surface area contributed by atoms with Gasteiger partial charge in [0.15, 0.2) is 0 Å². The van der Waals surface area contributed by atoms with Crippen molar-refractivity contribution in [2.45, 2.75) is 39.2 Å². The molecule has 168 valence electrons. The second-order valence-electron chi connectivity index (χ2n) is 8.21. The molecule has 2 aromatic carbocycles. The molecule has 3 aromatic rings. The van der Waals surface area contributed by atoms with Gasteiger partial charge in [0.25, 0.3) is 0 Å². The maximum Gasteiger partial charge on any atom is 0.573 e. The van der Waals surface area contributed by atoms with Crippen molar-refractivity contribution >= 4 is 23.1 Å². The fourth-order valence-corrected chi connectivity index (χ4v) is 3.52. The van der Waals surface area contributed by atoms with Crippen LogP contribution in [0.3, 0.4) is 0 Å². The Kier molecular flexibility index (Phi) is 6.16.